The van der Waals surface area contributed by atoms with Crippen LogP contribution in [0.25, 0.3) is 0 Å². The third-order valence-electron chi connectivity index (χ3n) is 5.59. The first kappa shape index (κ1) is 24.5. The summed E-state index contributed by atoms with van der Waals surface area (Å²) in [5.41, 5.74) is -0.261. The number of rotatable bonds is 18. The maximum Gasteiger partial charge on any atom is 0.311 e. The molecule has 0 heterocycles. The maximum atomic E-state index is 12.1. The highest BCUT2D eigenvalue weighted by Crippen LogP contribution is 2.32. The van der Waals surface area contributed by atoms with Crippen LogP contribution in [0.2, 0.25) is 0 Å². The molecule has 0 rings (SSSR count). The van der Waals surface area contributed by atoms with Gasteiger partial charge in [0.05, 0.1) is 12.5 Å². The quantitative estimate of drug-likeness (QED) is 0.185. The van der Waals surface area contributed by atoms with Crippen LogP contribution in [0.1, 0.15) is 130 Å². The lowest BCUT2D eigenvalue weighted by Crippen LogP contribution is -2.29. The number of hydrogen-bond acceptors (Lipinski definition) is 2. The zero-order chi connectivity index (χ0) is 18.8. The highest BCUT2D eigenvalue weighted by molar-refractivity contribution is 5.76. The Morgan fingerprint density at radius 2 is 0.960 bits per heavy atom. The summed E-state index contributed by atoms with van der Waals surface area (Å²) in [6, 6.07) is 0. The highest BCUT2D eigenvalue weighted by Gasteiger charge is 2.32. The van der Waals surface area contributed by atoms with Crippen LogP contribution >= 0.6 is 0 Å². The summed E-state index contributed by atoms with van der Waals surface area (Å²) in [5, 5.41) is 0. The Morgan fingerprint density at radius 1 is 0.640 bits per heavy atom. The van der Waals surface area contributed by atoms with Crippen LogP contribution in [0.15, 0.2) is 0 Å². The average molecular weight is 355 g/mol. The lowest BCUT2D eigenvalue weighted by molar-refractivity contribution is -0.152. The summed E-state index contributed by atoms with van der Waals surface area (Å²) in [6.45, 7) is 6.59. The molecule has 2 heteroatoms. The lowest BCUT2D eigenvalue weighted by Gasteiger charge is -2.26. The summed E-state index contributed by atoms with van der Waals surface area (Å²) >= 11 is 0. The van der Waals surface area contributed by atoms with Crippen molar-refractivity contribution in [2.24, 2.45) is 5.41 Å². The fourth-order valence-electron chi connectivity index (χ4n) is 3.70. The molecule has 0 amide bonds. The van der Waals surface area contributed by atoms with Gasteiger partial charge in [0.25, 0.3) is 0 Å². The molecule has 0 aliphatic carbocycles. The Kier molecular flexibility index (Phi) is 16.6. The van der Waals surface area contributed by atoms with Crippen LogP contribution in [0.3, 0.4) is 0 Å². The highest BCUT2D eigenvalue weighted by atomic mass is 16.5. The number of ether oxygens (including phenoxy) is 1. The van der Waals surface area contributed by atoms with Crippen molar-refractivity contribution in [3.63, 3.8) is 0 Å². The van der Waals surface area contributed by atoms with Gasteiger partial charge in [-0.05, 0) is 19.8 Å². The summed E-state index contributed by atoms with van der Waals surface area (Å²) in [7, 11) is 1.53. The van der Waals surface area contributed by atoms with Crippen molar-refractivity contribution < 1.29 is 9.53 Å². The van der Waals surface area contributed by atoms with E-state index in [0.717, 1.165) is 25.7 Å². The van der Waals surface area contributed by atoms with Gasteiger partial charge in [0.15, 0.2) is 0 Å². The molecule has 25 heavy (non-hydrogen) atoms. The van der Waals surface area contributed by atoms with Crippen molar-refractivity contribution in [3.8, 4) is 0 Å². The minimum absolute atomic E-state index is 0.00771. The van der Waals surface area contributed by atoms with Crippen molar-refractivity contribution in [2.45, 2.75) is 130 Å². The van der Waals surface area contributed by atoms with Gasteiger partial charge < -0.3 is 4.74 Å². The largest absolute Gasteiger partial charge is 0.469 e. The van der Waals surface area contributed by atoms with Gasteiger partial charge in [0, 0.05) is 0 Å². The van der Waals surface area contributed by atoms with E-state index in [1.54, 1.807) is 0 Å². The SMILES string of the molecule is CCCCCCCCCCCCCCC(C)(CCCCC)C(=O)OC. The summed E-state index contributed by atoms with van der Waals surface area (Å²) in [6.07, 6.45) is 21.9. The van der Waals surface area contributed by atoms with Crippen molar-refractivity contribution in [2.75, 3.05) is 7.11 Å². The second kappa shape index (κ2) is 16.9. The van der Waals surface area contributed by atoms with Gasteiger partial charge in [0.2, 0.25) is 0 Å². The van der Waals surface area contributed by atoms with Gasteiger partial charge in [-0.25, -0.2) is 0 Å². The maximum absolute atomic E-state index is 12.1. The Morgan fingerprint density at radius 3 is 1.36 bits per heavy atom. The minimum Gasteiger partial charge on any atom is -0.469 e. The molecule has 2 nitrogen and oxygen atoms in total. The Balaban J connectivity index is 3.66. The Bertz CT molecular complexity index is 300. The fraction of sp³-hybridized carbons (Fsp3) is 0.957. The van der Waals surface area contributed by atoms with Crippen molar-refractivity contribution in [3.05, 3.63) is 0 Å². The molecule has 0 radical (unpaired) electrons. The van der Waals surface area contributed by atoms with E-state index in [1.807, 2.05) is 0 Å². The molecule has 150 valence electrons. The molecule has 0 fully saturated rings. The number of unbranched alkanes of at least 4 members (excludes halogenated alkanes) is 13. The molecule has 0 aromatic heterocycles. The predicted molar refractivity (Wildman–Crippen MR) is 110 cm³/mol. The molecule has 1 unspecified atom stereocenters. The van der Waals surface area contributed by atoms with Gasteiger partial charge in [-0.1, -0.05) is 110 Å². The second-order valence-electron chi connectivity index (χ2n) is 8.15. The van der Waals surface area contributed by atoms with Gasteiger partial charge in [-0.3, -0.25) is 4.79 Å². The van der Waals surface area contributed by atoms with Gasteiger partial charge in [-0.15, -0.1) is 0 Å². The summed E-state index contributed by atoms with van der Waals surface area (Å²) < 4.78 is 5.06. The number of carbonyl (C=O) groups is 1. The van der Waals surface area contributed by atoms with Crippen LogP contribution in [0.4, 0.5) is 0 Å². The molecular weight excluding hydrogens is 308 g/mol. The third kappa shape index (κ3) is 13.3. The standard InChI is InChI=1S/C23H46O2/c1-5-7-9-10-11-12-13-14-15-16-17-19-21-23(3,22(24)25-4)20-18-8-6-2/h5-21H2,1-4H3. The van der Waals surface area contributed by atoms with Crippen molar-refractivity contribution >= 4 is 5.97 Å². The molecule has 1 atom stereocenters. The zero-order valence-corrected chi connectivity index (χ0v) is 17.8. The smallest absolute Gasteiger partial charge is 0.311 e. The number of hydrogen-bond donors (Lipinski definition) is 0. The van der Waals surface area contributed by atoms with Gasteiger partial charge in [-0.2, -0.15) is 0 Å². The van der Waals surface area contributed by atoms with E-state index < -0.39 is 0 Å². The number of carbonyl (C=O) groups excluding carboxylic acids is 1. The monoisotopic (exact) mass is 354 g/mol. The molecule has 0 N–H and O–H groups in total. The van der Waals surface area contributed by atoms with E-state index in [9.17, 15) is 4.79 Å². The van der Waals surface area contributed by atoms with Gasteiger partial charge in [0.1, 0.15) is 0 Å². The van der Waals surface area contributed by atoms with Crippen molar-refractivity contribution in [1.29, 1.82) is 0 Å². The fourth-order valence-corrected chi connectivity index (χ4v) is 3.70. The van der Waals surface area contributed by atoms with Crippen LogP contribution in [0.5, 0.6) is 0 Å². The second-order valence-corrected chi connectivity index (χ2v) is 8.15. The zero-order valence-electron chi connectivity index (χ0n) is 17.8. The summed E-state index contributed by atoms with van der Waals surface area (Å²) in [5.74, 6) is -0.00771. The van der Waals surface area contributed by atoms with Crippen LogP contribution in [0, 0.1) is 5.41 Å². The number of methoxy groups -OCH3 is 1. The van der Waals surface area contributed by atoms with Gasteiger partial charge >= 0.3 is 5.97 Å². The molecule has 0 saturated heterocycles. The first-order valence-corrected chi connectivity index (χ1v) is 11.2. The molecular formula is C23H46O2. The van der Waals surface area contributed by atoms with E-state index in [1.165, 1.54) is 90.6 Å². The molecule has 0 aliphatic heterocycles. The van der Waals surface area contributed by atoms with Crippen LogP contribution in [-0.4, -0.2) is 13.1 Å². The predicted octanol–water partition coefficient (Wildman–Crippen LogP) is 7.84. The van der Waals surface area contributed by atoms with E-state index in [0.29, 0.717) is 0 Å². The Hall–Kier alpha value is -0.530. The lowest BCUT2D eigenvalue weighted by atomic mass is 9.80. The van der Waals surface area contributed by atoms with E-state index in [-0.39, 0.29) is 11.4 Å². The Labute approximate surface area is 158 Å². The van der Waals surface area contributed by atoms with E-state index in [4.69, 9.17) is 4.74 Å². The summed E-state index contributed by atoms with van der Waals surface area (Å²) in [4.78, 5) is 12.1. The van der Waals surface area contributed by atoms with Crippen molar-refractivity contribution in [1.82, 2.24) is 0 Å². The molecule has 0 spiro atoms. The molecule has 0 aliphatic rings. The average Bonchev–Trinajstić information content (AvgIpc) is 2.62. The first-order chi connectivity index (χ1) is 12.1. The van der Waals surface area contributed by atoms with E-state index in [2.05, 4.69) is 20.8 Å². The normalized spacial score (nSPS) is 13.6. The molecule has 0 aromatic rings. The van der Waals surface area contributed by atoms with E-state index >= 15 is 0 Å². The van der Waals surface area contributed by atoms with Crippen LogP contribution < -0.4 is 0 Å². The third-order valence-corrected chi connectivity index (χ3v) is 5.59. The molecule has 0 aromatic carbocycles. The molecule has 0 saturated carbocycles. The number of esters is 1. The first-order valence-electron chi connectivity index (χ1n) is 11.2. The minimum atomic E-state index is -0.261. The molecule has 0 bridgehead atoms. The van der Waals surface area contributed by atoms with Crippen LogP contribution in [-0.2, 0) is 9.53 Å². The topological polar surface area (TPSA) is 26.3 Å².